The summed E-state index contributed by atoms with van der Waals surface area (Å²) in [6.45, 7) is 1.14. The number of ether oxygens (including phenoxy) is 1. The molecule has 134 valence electrons. The van der Waals surface area contributed by atoms with Gasteiger partial charge in [-0.2, -0.15) is 0 Å². The summed E-state index contributed by atoms with van der Waals surface area (Å²) >= 11 is 0. The molecule has 0 fully saturated rings. The number of benzene rings is 2. The normalized spacial score (nSPS) is 10.1. The zero-order valence-corrected chi connectivity index (χ0v) is 13.9. The number of pyridine rings is 1. The van der Waals surface area contributed by atoms with Crippen molar-refractivity contribution in [1.29, 1.82) is 0 Å². The number of aromatic nitrogens is 1. The molecule has 0 aliphatic heterocycles. The third-order valence-electron chi connectivity index (χ3n) is 3.73. The first kappa shape index (κ1) is 20.7. The second-order valence-electron chi connectivity index (χ2n) is 5.59. The van der Waals surface area contributed by atoms with E-state index in [0.717, 1.165) is 0 Å². The van der Waals surface area contributed by atoms with E-state index in [1.54, 1.807) is 25.1 Å². The Kier molecular flexibility index (Phi) is 6.79. The van der Waals surface area contributed by atoms with Crippen LogP contribution in [0, 0.1) is 6.92 Å². The fourth-order valence-corrected chi connectivity index (χ4v) is 2.52. The van der Waals surface area contributed by atoms with Crippen LogP contribution >= 0.6 is 0 Å². The molecule has 3 rings (SSSR count). The predicted octanol–water partition coefficient (Wildman–Crippen LogP) is 2.21. The second kappa shape index (κ2) is 8.85. The predicted molar refractivity (Wildman–Crippen MR) is 102 cm³/mol. The number of aromatic hydroxyl groups is 1. The van der Waals surface area contributed by atoms with Crippen LogP contribution < -0.4 is 10.1 Å². The van der Waals surface area contributed by atoms with E-state index in [1.165, 1.54) is 0 Å². The van der Waals surface area contributed by atoms with E-state index >= 15 is 0 Å². The standard InChI is InChI=1S/C19H16N2O5.Na.H/c1-11-15-9-13(26-12-5-3-2-4-6-12)7-8-14(15)18(24)17(21-11)19(25)20-10-16(22)23;;/h2-9,24H,10H2,1H3,(H,20,25)(H,22,23);;. The van der Waals surface area contributed by atoms with Gasteiger partial charge in [-0.15, -0.1) is 0 Å². The molecule has 0 aliphatic rings. The molecule has 2 aromatic carbocycles. The van der Waals surface area contributed by atoms with Gasteiger partial charge in [0.15, 0.2) is 11.4 Å². The molecule has 1 heterocycles. The van der Waals surface area contributed by atoms with Crippen LogP contribution in [0.2, 0.25) is 0 Å². The molecule has 1 aromatic heterocycles. The topological polar surface area (TPSA) is 109 Å². The molecule has 7 nitrogen and oxygen atoms in total. The molecular weight excluding hydrogens is 359 g/mol. The Morgan fingerprint density at radius 1 is 1.07 bits per heavy atom. The minimum atomic E-state index is -1.18. The zero-order chi connectivity index (χ0) is 18.7. The average molecular weight is 376 g/mol. The molecule has 3 aromatic rings. The number of hydrogen-bond acceptors (Lipinski definition) is 5. The molecule has 0 spiro atoms. The number of fused-ring (bicyclic) bond motifs is 1. The van der Waals surface area contributed by atoms with Gasteiger partial charge in [-0.05, 0) is 37.3 Å². The van der Waals surface area contributed by atoms with E-state index in [9.17, 15) is 14.7 Å². The third-order valence-corrected chi connectivity index (χ3v) is 3.73. The SMILES string of the molecule is Cc1nc(C(=O)NCC(=O)O)c(O)c2ccc(Oc3ccccc3)cc12.[NaH]. The molecule has 8 heteroatoms. The van der Waals surface area contributed by atoms with Crippen LogP contribution in [0.1, 0.15) is 16.2 Å². The second-order valence-corrected chi connectivity index (χ2v) is 5.59. The van der Waals surface area contributed by atoms with Gasteiger partial charge >= 0.3 is 35.5 Å². The van der Waals surface area contributed by atoms with E-state index in [1.807, 2.05) is 30.3 Å². The number of rotatable bonds is 5. The van der Waals surface area contributed by atoms with E-state index in [2.05, 4.69) is 10.3 Å². The number of nitrogens with zero attached hydrogens (tertiary/aromatic N) is 1. The van der Waals surface area contributed by atoms with Crippen LogP contribution in [0.25, 0.3) is 10.8 Å². The van der Waals surface area contributed by atoms with Crippen molar-refractivity contribution in [1.82, 2.24) is 10.3 Å². The van der Waals surface area contributed by atoms with Crippen LogP contribution in [0.4, 0.5) is 0 Å². The van der Waals surface area contributed by atoms with Crippen molar-refractivity contribution in [2.75, 3.05) is 6.54 Å². The Labute approximate surface area is 177 Å². The van der Waals surface area contributed by atoms with Gasteiger partial charge in [-0.3, -0.25) is 9.59 Å². The quantitative estimate of drug-likeness (QED) is 0.589. The van der Waals surface area contributed by atoms with Crippen molar-refractivity contribution in [3.8, 4) is 17.2 Å². The number of carbonyl (C=O) groups is 2. The number of aryl methyl sites for hydroxylation is 1. The summed E-state index contributed by atoms with van der Waals surface area (Å²) in [5, 5.41) is 22.3. The van der Waals surface area contributed by atoms with Gasteiger partial charge < -0.3 is 20.3 Å². The minimum absolute atomic E-state index is 0. The molecule has 0 saturated carbocycles. The number of carboxylic acid groups (broad SMARTS) is 1. The van der Waals surface area contributed by atoms with Gasteiger partial charge in [0.05, 0.1) is 0 Å². The number of para-hydroxylation sites is 1. The summed E-state index contributed by atoms with van der Waals surface area (Å²) in [5.74, 6) is -1.00. The first-order valence-corrected chi connectivity index (χ1v) is 7.82. The van der Waals surface area contributed by atoms with E-state index in [4.69, 9.17) is 9.84 Å². The monoisotopic (exact) mass is 376 g/mol. The number of hydrogen-bond donors (Lipinski definition) is 3. The number of carboxylic acids is 1. The number of aliphatic carboxylic acids is 1. The third kappa shape index (κ3) is 4.77. The van der Waals surface area contributed by atoms with E-state index in [-0.39, 0.29) is 41.0 Å². The number of carbonyl (C=O) groups excluding carboxylic acids is 1. The van der Waals surface area contributed by atoms with Crippen LogP contribution in [-0.4, -0.2) is 63.2 Å². The van der Waals surface area contributed by atoms with Gasteiger partial charge in [0.2, 0.25) is 0 Å². The van der Waals surface area contributed by atoms with Crippen molar-refractivity contribution in [2.24, 2.45) is 0 Å². The van der Waals surface area contributed by atoms with Crippen LogP contribution in [0.3, 0.4) is 0 Å². The van der Waals surface area contributed by atoms with Crippen molar-refractivity contribution < 1.29 is 24.5 Å². The van der Waals surface area contributed by atoms with Crippen LogP contribution in [0.15, 0.2) is 48.5 Å². The first-order valence-electron chi connectivity index (χ1n) is 7.82. The molecular formula is C19H17N2NaO5. The van der Waals surface area contributed by atoms with Crippen molar-refractivity contribution in [2.45, 2.75) is 6.92 Å². The Morgan fingerprint density at radius 2 is 1.78 bits per heavy atom. The molecule has 0 radical (unpaired) electrons. The van der Waals surface area contributed by atoms with Gasteiger partial charge in [0, 0.05) is 16.5 Å². The first-order chi connectivity index (χ1) is 12.5. The van der Waals surface area contributed by atoms with Crippen molar-refractivity contribution >= 4 is 52.2 Å². The average Bonchev–Trinajstić information content (AvgIpc) is 2.63. The Hall–Kier alpha value is -2.61. The Morgan fingerprint density at radius 3 is 2.44 bits per heavy atom. The maximum atomic E-state index is 12.1. The molecule has 0 bridgehead atoms. The molecule has 0 saturated heterocycles. The molecule has 1 amide bonds. The summed E-state index contributed by atoms with van der Waals surface area (Å²) in [6.07, 6.45) is 0. The van der Waals surface area contributed by atoms with Crippen LogP contribution in [-0.2, 0) is 4.79 Å². The fraction of sp³-hybridized carbons (Fsp3) is 0.105. The Balaban J connectivity index is 0.00000261. The molecule has 27 heavy (non-hydrogen) atoms. The molecule has 0 unspecified atom stereocenters. The molecule has 0 aliphatic carbocycles. The maximum absolute atomic E-state index is 12.1. The van der Waals surface area contributed by atoms with Crippen LogP contribution in [0.5, 0.6) is 17.2 Å². The summed E-state index contributed by atoms with van der Waals surface area (Å²) in [6, 6.07) is 14.3. The van der Waals surface area contributed by atoms with Gasteiger partial charge in [-0.25, -0.2) is 4.98 Å². The van der Waals surface area contributed by atoms with E-state index in [0.29, 0.717) is 28.0 Å². The van der Waals surface area contributed by atoms with E-state index < -0.39 is 18.4 Å². The number of amides is 1. The summed E-state index contributed by atoms with van der Waals surface area (Å²) < 4.78 is 5.77. The Bertz CT molecular complexity index is 992. The van der Waals surface area contributed by atoms with Gasteiger partial charge in [-0.1, -0.05) is 18.2 Å². The summed E-state index contributed by atoms with van der Waals surface area (Å²) in [4.78, 5) is 26.7. The van der Waals surface area contributed by atoms with Gasteiger partial charge in [0.1, 0.15) is 18.0 Å². The molecule has 3 N–H and O–H groups in total. The molecule has 0 atom stereocenters. The van der Waals surface area contributed by atoms with Crippen molar-refractivity contribution in [3.63, 3.8) is 0 Å². The summed E-state index contributed by atoms with van der Waals surface area (Å²) in [5.41, 5.74) is 0.296. The van der Waals surface area contributed by atoms with Gasteiger partial charge in [0.25, 0.3) is 5.91 Å². The van der Waals surface area contributed by atoms with Crippen molar-refractivity contribution in [3.05, 3.63) is 59.9 Å². The fourth-order valence-electron chi connectivity index (χ4n) is 2.52. The summed E-state index contributed by atoms with van der Waals surface area (Å²) in [7, 11) is 0. The number of nitrogens with one attached hydrogen (secondary N) is 1. The zero-order valence-electron chi connectivity index (χ0n) is 13.9.